The van der Waals surface area contributed by atoms with Crippen molar-refractivity contribution in [2.24, 2.45) is 9.98 Å². The Kier molecular flexibility index (Phi) is 4.25. The molecule has 0 saturated carbocycles. The predicted molar refractivity (Wildman–Crippen MR) is 56.1 cm³/mol. The van der Waals surface area contributed by atoms with Gasteiger partial charge in [-0.25, -0.2) is 14.4 Å². The molecule has 0 amide bonds. The fourth-order valence-electron chi connectivity index (χ4n) is 0.617. The minimum Gasteiger partial charge on any atom is -0.246 e. The molecule has 0 bridgehead atoms. The maximum Gasteiger partial charge on any atom is 0.164 e. The van der Waals surface area contributed by atoms with Crippen LogP contribution in [0.5, 0.6) is 0 Å². The van der Waals surface area contributed by atoms with Crippen LogP contribution in [-0.2, 0) is 0 Å². The average molecular weight is 182 g/mol. The van der Waals surface area contributed by atoms with Gasteiger partial charge in [-0.2, -0.15) is 0 Å². The lowest BCUT2D eigenvalue weighted by atomic mass is 10.1. The Bertz CT molecular complexity index is 257. The molecule has 0 aliphatic heterocycles. The topological polar surface area (TPSA) is 24.7 Å². The van der Waals surface area contributed by atoms with Crippen molar-refractivity contribution in [3.05, 3.63) is 24.4 Å². The van der Waals surface area contributed by atoms with E-state index in [1.807, 2.05) is 6.92 Å². The molecule has 0 aromatic rings. The van der Waals surface area contributed by atoms with Gasteiger partial charge in [0.25, 0.3) is 0 Å². The second kappa shape index (κ2) is 4.70. The van der Waals surface area contributed by atoms with Crippen LogP contribution in [0.3, 0.4) is 0 Å². The van der Waals surface area contributed by atoms with E-state index >= 15 is 0 Å². The number of aliphatic imine (C=N–C) groups is 2. The van der Waals surface area contributed by atoms with Gasteiger partial charge in [-0.1, -0.05) is 12.2 Å². The van der Waals surface area contributed by atoms with Gasteiger partial charge in [0.05, 0.1) is 0 Å². The molecule has 0 fully saturated rings. The van der Waals surface area contributed by atoms with Crippen LogP contribution in [0.1, 0.15) is 20.8 Å². The number of hydrogen-bond donors (Lipinski definition) is 0. The van der Waals surface area contributed by atoms with E-state index in [2.05, 4.69) is 23.3 Å². The first-order valence-corrected chi connectivity index (χ1v) is 3.94. The van der Waals surface area contributed by atoms with Gasteiger partial charge in [0, 0.05) is 6.20 Å². The molecule has 0 unspecified atom stereocenters. The highest BCUT2D eigenvalue weighted by atomic mass is 19.1. The van der Waals surface area contributed by atoms with Gasteiger partial charge in [0.2, 0.25) is 0 Å². The number of amidine groups is 1. The third-order valence-corrected chi connectivity index (χ3v) is 1.24. The van der Waals surface area contributed by atoms with Gasteiger partial charge < -0.3 is 0 Å². The molecular weight excluding hydrogens is 167 g/mol. The van der Waals surface area contributed by atoms with Crippen molar-refractivity contribution in [3.8, 4) is 0 Å². The van der Waals surface area contributed by atoms with Gasteiger partial charge in [-0.05, 0) is 33.6 Å². The largest absolute Gasteiger partial charge is 0.246 e. The zero-order chi connectivity index (χ0) is 10.5. The minimum absolute atomic E-state index is 0.0741. The van der Waals surface area contributed by atoms with Gasteiger partial charge in [0.1, 0.15) is 0 Å². The number of halogens is 1. The fraction of sp³-hybridized carbons (Fsp3) is 0.400. The number of allylic oxidation sites excluding steroid dienone is 2. The lowest BCUT2D eigenvalue weighted by Gasteiger charge is -2.11. The number of alkyl halides is 1. The van der Waals surface area contributed by atoms with Crippen LogP contribution in [-0.4, -0.2) is 18.2 Å². The Labute approximate surface area is 78.6 Å². The second-order valence-corrected chi connectivity index (χ2v) is 3.25. The average Bonchev–Trinajstić information content (AvgIpc) is 1.95. The highest BCUT2D eigenvalue weighted by Crippen LogP contribution is 2.12. The molecule has 0 N–H and O–H groups in total. The van der Waals surface area contributed by atoms with Gasteiger partial charge in [-0.3, -0.25) is 0 Å². The molecule has 0 heterocycles. The van der Waals surface area contributed by atoms with Crippen molar-refractivity contribution >= 4 is 12.6 Å². The van der Waals surface area contributed by atoms with E-state index in [9.17, 15) is 4.39 Å². The van der Waals surface area contributed by atoms with Crippen molar-refractivity contribution < 1.29 is 4.39 Å². The summed E-state index contributed by atoms with van der Waals surface area (Å²) in [5, 5.41) is 0. The zero-order valence-electron chi connectivity index (χ0n) is 8.34. The summed E-state index contributed by atoms with van der Waals surface area (Å²) in [6, 6.07) is 0. The van der Waals surface area contributed by atoms with Crippen molar-refractivity contribution in [2.45, 2.75) is 26.4 Å². The third-order valence-electron chi connectivity index (χ3n) is 1.24. The molecule has 0 spiro atoms. The smallest absolute Gasteiger partial charge is 0.164 e. The SMILES string of the molecule is C=N/C(=N\C=C\C(=C)C)C(C)(C)F. The summed E-state index contributed by atoms with van der Waals surface area (Å²) in [6.07, 6.45) is 3.14. The molecular formula is C10H15FN2. The lowest BCUT2D eigenvalue weighted by Crippen LogP contribution is -2.23. The fourth-order valence-corrected chi connectivity index (χ4v) is 0.617. The molecule has 0 atom stereocenters. The number of rotatable bonds is 3. The number of hydrogen-bond acceptors (Lipinski definition) is 1. The Morgan fingerprint density at radius 3 is 2.31 bits per heavy atom. The summed E-state index contributed by atoms with van der Waals surface area (Å²) in [4.78, 5) is 7.32. The van der Waals surface area contributed by atoms with Crippen molar-refractivity contribution in [1.82, 2.24) is 0 Å². The molecule has 13 heavy (non-hydrogen) atoms. The lowest BCUT2D eigenvalue weighted by molar-refractivity contribution is 0.311. The van der Waals surface area contributed by atoms with Gasteiger partial charge >= 0.3 is 0 Å². The quantitative estimate of drug-likeness (QED) is 0.364. The van der Waals surface area contributed by atoms with E-state index in [0.29, 0.717) is 0 Å². The first-order chi connectivity index (χ1) is 5.88. The second-order valence-electron chi connectivity index (χ2n) is 3.25. The van der Waals surface area contributed by atoms with Crippen molar-refractivity contribution in [1.29, 1.82) is 0 Å². The van der Waals surface area contributed by atoms with Crippen LogP contribution in [0.25, 0.3) is 0 Å². The standard InChI is InChI=1S/C10H15FN2/c1-8(2)6-7-13-9(12-5)10(3,4)11/h6-7H,1,5H2,2-4H3/b7-6+,13-9-. The Hall–Kier alpha value is -1.25. The molecule has 3 heteroatoms. The molecule has 0 aliphatic carbocycles. The summed E-state index contributed by atoms with van der Waals surface area (Å²) in [6.45, 7) is 11.5. The summed E-state index contributed by atoms with van der Waals surface area (Å²) in [5.74, 6) is 0.0741. The minimum atomic E-state index is -1.55. The van der Waals surface area contributed by atoms with E-state index in [-0.39, 0.29) is 5.84 Å². The van der Waals surface area contributed by atoms with Crippen molar-refractivity contribution in [2.75, 3.05) is 0 Å². The van der Waals surface area contributed by atoms with E-state index in [1.165, 1.54) is 20.0 Å². The predicted octanol–water partition coefficient (Wildman–Crippen LogP) is 2.92. The summed E-state index contributed by atoms with van der Waals surface area (Å²) in [7, 11) is 0. The molecule has 2 nitrogen and oxygen atoms in total. The van der Waals surface area contributed by atoms with Crippen LogP contribution in [0.2, 0.25) is 0 Å². The van der Waals surface area contributed by atoms with Crippen LogP contribution < -0.4 is 0 Å². The van der Waals surface area contributed by atoms with Gasteiger partial charge in [0.15, 0.2) is 11.5 Å². The molecule has 72 valence electrons. The summed E-state index contributed by atoms with van der Waals surface area (Å²) >= 11 is 0. The maximum absolute atomic E-state index is 13.3. The molecule has 0 saturated heterocycles. The first kappa shape index (κ1) is 11.8. The molecule has 0 aromatic heterocycles. The van der Waals surface area contributed by atoms with Crippen LogP contribution in [0.15, 0.2) is 34.4 Å². The third kappa shape index (κ3) is 5.06. The summed E-state index contributed by atoms with van der Waals surface area (Å²) < 4.78 is 13.3. The van der Waals surface area contributed by atoms with E-state index < -0.39 is 5.67 Å². The maximum atomic E-state index is 13.3. The molecule has 0 rings (SSSR count). The van der Waals surface area contributed by atoms with Crippen molar-refractivity contribution in [3.63, 3.8) is 0 Å². The Balaban J connectivity index is 4.60. The first-order valence-electron chi connectivity index (χ1n) is 3.94. The van der Waals surface area contributed by atoms with Crippen LogP contribution in [0, 0.1) is 0 Å². The van der Waals surface area contributed by atoms with E-state index in [4.69, 9.17) is 0 Å². The molecule has 0 aliphatic rings. The number of nitrogens with zero attached hydrogens (tertiary/aromatic N) is 2. The van der Waals surface area contributed by atoms with Gasteiger partial charge in [-0.15, -0.1) is 0 Å². The Morgan fingerprint density at radius 1 is 1.46 bits per heavy atom. The summed E-state index contributed by atoms with van der Waals surface area (Å²) in [5.41, 5.74) is -0.704. The van der Waals surface area contributed by atoms with Crippen LogP contribution >= 0.6 is 0 Å². The molecule has 0 aromatic carbocycles. The normalized spacial score (nSPS) is 13.4. The highest BCUT2D eigenvalue weighted by molar-refractivity contribution is 5.93. The molecule has 0 radical (unpaired) electrons. The zero-order valence-corrected chi connectivity index (χ0v) is 8.34. The highest BCUT2D eigenvalue weighted by Gasteiger charge is 2.22. The monoisotopic (exact) mass is 182 g/mol. The van der Waals surface area contributed by atoms with Crippen LogP contribution in [0.4, 0.5) is 4.39 Å². The van der Waals surface area contributed by atoms with E-state index in [1.54, 1.807) is 6.08 Å². The van der Waals surface area contributed by atoms with E-state index in [0.717, 1.165) is 5.57 Å². The Morgan fingerprint density at radius 2 is 2.00 bits per heavy atom.